The Kier molecular flexibility index (Phi) is 7.78. The average molecular weight is 338 g/mol. The Labute approximate surface area is 131 Å². The second-order valence-corrected chi connectivity index (χ2v) is 5.24. The van der Waals surface area contributed by atoms with E-state index in [2.05, 4.69) is 5.32 Å². The van der Waals surface area contributed by atoms with Crippen molar-refractivity contribution in [1.82, 2.24) is 10.2 Å². The molecule has 0 amide bonds. The van der Waals surface area contributed by atoms with Gasteiger partial charge in [0.15, 0.2) is 6.29 Å². The van der Waals surface area contributed by atoms with Crippen molar-refractivity contribution < 1.29 is 45.0 Å². The number of nitrogens with zero attached hydrogens (tertiary/aromatic N) is 1. The maximum atomic E-state index is 10.6. The van der Waals surface area contributed by atoms with Crippen LogP contribution in [0.2, 0.25) is 0 Å². The van der Waals surface area contributed by atoms with Gasteiger partial charge in [-0.05, 0) is 0 Å². The van der Waals surface area contributed by atoms with Crippen LogP contribution in [0, 0.1) is 0 Å². The number of aliphatic carboxylic acids is 2. The smallest absolute Gasteiger partial charge is 0.317 e. The molecule has 0 aromatic rings. The van der Waals surface area contributed by atoms with Crippen molar-refractivity contribution in [3.05, 3.63) is 0 Å². The highest BCUT2D eigenvalue weighted by atomic mass is 16.6. The molecule has 1 saturated heterocycles. The fourth-order valence-electron chi connectivity index (χ4n) is 2.18. The zero-order chi connectivity index (χ0) is 17.6. The van der Waals surface area contributed by atoms with E-state index in [1.807, 2.05) is 0 Å². The molecule has 11 heteroatoms. The van der Waals surface area contributed by atoms with Crippen molar-refractivity contribution in [1.29, 1.82) is 0 Å². The van der Waals surface area contributed by atoms with Gasteiger partial charge in [-0.3, -0.25) is 14.5 Å². The zero-order valence-corrected chi connectivity index (χ0v) is 12.3. The van der Waals surface area contributed by atoms with Gasteiger partial charge in [-0.15, -0.1) is 0 Å². The van der Waals surface area contributed by atoms with Gasteiger partial charge in [-0.2, -0.15) is 0 Å². The van der Waals surface area contributed by atoms with Gasteiger partial charge in [0, 0.05) is 19.6 Å². The molecule has 7 N–H and O–H groups in total. The monoisotopic (exact) mass is 338 g/mol. The largest absolute Gasteiger partial charge is 0.480 e. The predicted octanol–water partition coefficient (Wildman–Crippen LogP) is -4.15. The molecule has 23 heavy (non-hydrogen) atoms. The number of rotatable bonds is 9. The molecule has 0 spiro atoms. The van der Waals surface area contributed by atoms with Crippen LogP contribution < -0.4 is 5.32 Å². The summed E-state index contributed by atoms with van der Waals surface area (Å²) in [5.41, 5.74) is 0. The minimum Gasteiger partial charge on any atom is -0.480 e. The number of hydrogen-bond donors (Lipinski definition) is 7. The minimum atomic E-state index is -1.63. The molecule has 0 bridgehead atoms. The molecule has 1 aliphatic heterocycles. The van der Waals surface area contributed by atoms with Crippen molar-refractivity contribution >= 4 is 11.9 Å². The van der Waals surface area contributed by atoms with Gasteiger partial charge in [0.25, 0.3) is 0 Å². The van der Waals surface area contributed by atoms with E-state index in [0.717, 1.165) is 0 Å². The Bertz CT molecular complexity index is 392. The standard InChI is InChI=1S/C12H22N2O9/c15-7(16)4-14(5-8(17)18)2-1-13-3-6-9(19)10(20)11(21)12(22)23-6/h6,9-13,19-22H,1-5H2,(H,15,16)(H,17,18)/t6?,9-,10+,11?,12+/m1/s1. The summed E-state index contributed by atoms with van der Waals surface area (Å²) in [5.74, 6) is -2.31. The fraction of sp³-hybridized carbons (Fsp3) is 0.833. The van der Waals surface area contributed by atoms with Crippen LogP contribution in [0.4, 0.5) is 0 Å². The molecule has 0 saturated carbocycles. The highest BCUT2D eigenvalue weighted by molar-refractivity contribution is 5.72. The lowest BCUT2D eigenvalue weighted by atomic mass is 9.99. The lowest BCUT2D eigenvalue weighted by molar-refractivity contribution is -0.280. The van der Waals surface area contributed by atoms with Crippen LogP contribution in [0.1, 0.15) is 0 Å². The van der Waals surface area contributed by atoms with Gasteiger partial charge >= 0.3 is 11.9 Å². The molecule has 1 rings (SSSR count). The lowest BCUT2D eigenvalue weighted by Crippen LogP contribution is -2.59. The molecule has 0 aromatic heterocycles. The second-order valence-electron chi connectivity index (χ2n) is 5.24. The van der Waals surface area contributed by atoms with Crippen LogP contribution in [0.15, 0.2) is 0 Å². The Balaban J connectivity index is 2.37. The van der Waals surface area contributed by atoms with Gasteiger partial charge < -0.3 is 40.7 Å². The topological polar surface area (TPSA) is 180 Å². The third kappa shape index (κ3) is 6.35. The number of carboxylic acid groups (broad SMARTS) is 2. The summed E-state index contributed by atoms with van der Waals surface area (Å²) in [7, 11) is 0. The van der Waals surface area contributed by atoms with Gasteiger partial charge in [0.2, 0.25) is 0 Å². The number of nitrogens with one attached hydrogen (secondary N) is 1. The van der Waals surface area contributed by atoms with E-state index in [1.165, 1.54) is 4.90 Å². The summed E-state index contributed by atoms with van der Waals surface area (Å²) in [4.78, 5) is 22.5. The summed E-state index contributed by atoms with van der Waals surface area (Å²) >= 11 is 0. The number of hydrogen-bond acceptors (Lipinski definition) is 9. The van der Waals surface area contributed by atoms with Gasteiger partial charge in [0.1, 0.15) is 24.4 Å². The zero-order valence-electron chi connectivity index (χ0n) is 12.3. The fourth-order valence-corrected chi connectivity index (χ4v) is 2.18. The molecule has 11 nitrogen and oxygen atoms in total. The molecule has 0 aromatic carbocycles. The summed E-state index contributed by atoms with van der Waals surface area (Å²) in [5, 5.41) is 58.1. The molecule has 0 radical (unpaired) electrons. The van der Waals surface area contributed by atoms with Crippen LogP contribution in [0.25, 0.3) is 0 Å². The molecule has 1 aliphatic rings. The first-order valence-electron chi connectivity index (χ1n) is 6.96. The maximum absolute atomic E-state index is 10.6. The summed E-state index contributed by atoms with van der Waals surface area (Å²) in [6, 6.07) is 0. The first-order valence-corrected chi connectivity index (χ1v) is 6.96. The molecule has 5 atom stereocenters. The molecular weight excluding hydrogens is 316 g/mol. The van der Waals surface area contributed by atoms with Crippen LogP contribution >= 0.6 is 0 Å². The first-order chi connectivity index (χ1) is 10.7. The quantitative estimate of drug-likeness (QED) is 0.203. The van der Waals surface area contributed by atoms with E-state index < -0.39 is 55.7 Å². The highest BCUT2D eigenvalue weighted by Gasteiger charge is 2.42. The molecule has 0 aliphatic carbocycles. The van der Waals surface area contributed by atoms with Crippen molar-refractivity contribution in [2.45, 2.75) is 30.7 Å². The van der Waals surface area contributed by atoms with E-state index in [-0.39, 0.29) is 19.6 Å². The predicted molar refractivity (Wildman–Crippen MR) is 73.5 cm³/mol. The van der Waals surface area contributed by atoms with Gasteiger partial charge in [-0.25, -0.2) is 0 Å². The third-order valence-electron chi connectivity index (χ3n) is 3.36. The van der Waals surface area contributed by atoms with Crippen molar-refractivity contribution in [2.75, 3.05) is 32.7 Å². The summed E-state index contributed by atoms with van der Waals surface area (Å²) in [6.07, 6.45) is -7.18. The first kappa shape index (κ1) is 19.7. The molecule has 1 heterocycles. The van der Waals surface area contributed by atoms with E-state index in [0.29, 0.717) is 0 Å². The van der Waals surface area contributed by atoms with Gasteiger partial charge in [0.05, 0.1) is 13.1 Å². The molecule has 2 unspecified atom stereocenters. The van der Waals surface area contributed by atoms with Crippen LogP contribution in [0.3, 0.4) is 0 Å². The van der Waals surface area contributed by atoms with Crippen LogP contribution in [-0.4, -0.2) is 111 Å². The van der Waals surface area contributed by atoms with E-state index in [1.54, 1.807) is 0 Å². The van der Waals surface area contributed by atoms with Crippen molar-refractivity contribution in [3.8, 4) is 0 Å². The van der Waals surface area contributed by atoms with E-state index >= 15 is 0 Å². The normalized spacial score (nSPS) is 31.3. The Hall–Kier alpha value is -1.34. The second kappa shape index (κ2) is 9.08. The lowest BCUT2D eigenvalue weighted by Gasteiger charge is -2.38. The summed E-state index contributed by atoms with van der Waals surface area (Å²) in [6.45, 7) is -0.534. The van der Waals surface area contributed by atoms with Gasteiger partial charge in [-0.1, -0.05) is 0 Å². The average Bonchev–Trinajstić information content (AvgIpc) is 2.45. The number of aliphatic hydroxyl groups is 4. The molecular formula is C12H22N2O9. The number of carboxylic acids is 2. The summed E-state index contributed by atoms with van der Waals surface area (Å²) < 4.78 is 4.95. The van der Waals surface area contributed by atoms with E-state index in [4.69, 9.17) is 14.9 Å². The molecule has 1 fully saturated rings. The number of carbonyl (C=O) groups is 2. The SMILES string of the molecule is O=C(O)CN(CCNCC1O[C@H](O)C(O)[C@@H](O)[C@@H]1O)CC(=O)O. The van der Waals surface area contributed by atoms with E-state index in [9.17, 15) is 30.0 Å². The number of aliphatic hydroxyl groups excluding tert-OH is 4. The van der Waals surface area contributed by atoms with Crippen molar-refractivity contribution in [2.24, 2.45) is 0 Å². The van der Waals surface area contributed by atoms with Crippen LogP contribution in [-0.2, 0) is 14.3 Å². The Morgan fingerprint density at radius 3 is 2.04 bits per heavy atom. The third-order valence-corrected chi connectivity index (χ3v) is 3.36. The van der Waals surface area contributed by atoms with Crippen molar-refractivity contribution in [3.63, 3.8) is 0 Å². The minimum absolute atomic E-state index is 0.00991. The Morgan fingerprint density at radius 2 is 1.52 bits per heavy atom. The molecule has 134 valence electrons. The van der Waals surface area contributed by atoms with Crippen LogP contribution in [0.5, 0.6) is 0 Å². The number of ether oxygens (including phenoxy) is 1. The Morgan fingerprint density at radius 1 is 0.957 bits per heavy atom. The maximum Gasteiger partial charge on any atom is 0.317 e. The highest BCUT2D eigenvalue weighted by Crippen LogP contribution is 2.19.